The Kier molecular flexibility index (Phi) is 5.17. The monoisotopic (exact) mass is 153 g/mol. The fourth-order valence-electron chi connectivity index (χ4n) is 0.725. The molecule has 0 aliphatic heterocycles. The Balaban J connectivity index is 4.27. The van der Waals surface area contributed by atoms with Gasteiger partial charge in [0.1, 0.15) is 5.76 Å². The number of methoxy groups -OCH3 is 1. The molecule has 0 saturated heterocycles. The van der Waals surface area contributed by atoms with E-state index in [9.17, 15) is 0 Å². The SMILES string of the molecule is C\C=C(/C=C(C)\C=N/C)OC. The van der Waals surface area contributed by atoms with Gasteiger partial charge in [0.05, 0.1) is 7.11 Å². The number of hydrogen-bond acceptors (Lipinski definition) is 2. The van der Waals surface area contributed by atoms with E-state index in [-0.39, 0.29) is 0 Å². The minimum Gasteiger partial charge on any atom is -0.497 e. The summed E-state index contributed by atoms with van der Waals surface area (Å²) in [6, 6.07) is 0. The molecule has 11 heavy (non-hydrogen) atoms. The second-order valence-corrected chi connectivity index (χ2v) is 2.17. The molecule has 0 N–H and O–H groups in total. The molecule has 0 aliphatic carbocycles. The third-order valence-electron chi connectivity index (χ3n) is 1.22. The van der Waals surface area contributed by atoms with E-state index >= 15 is 0 Å². The van der Waals surface area contributed by atoms with Crippen LogP contribution in [0.15, 0.2) is 28.5 Å². The van der Waals surface area contributed by atoms with E-state index in [2.05, 4.69) is 4.99 Å². The summed E-state index contributed by atoms with van der Waals surface area (Å²) in [6.07, 6.45) is 5.64. The third kappa shape index (κ3) is 4.37. The van der Waals surface area contributed by atoms with Crippen molar-refractivity contribution in [2.75, 3.05) is 14.2 Å². The van der Waals surface area contributed by atoms with Crippen molar-refractivity contribution in [2.45, 2.75) is 13.8 Å². The Morgan fingerprint density at radius 2 is 2.09 bits per heavy atom. The van der Waals surface area contributed by atoms with Gasteiger partial charge < -0.3 is 4.74 Å². The van der Waals surface area contributed by atoms with Crippen LogP contribution < -0.4 is 0 Å². The van der Waals surface area contributed by atoms with E-state index in [1.807, 2.05) is 26.0 Å². The topological polar surface area (TPSA) is 21.6 Å². The van der Waals surface area contributed by atoms with E-state index in [0.717, 1.165) is 11.3 Å². The first-order valence-corrected chi connectivity index (χ1v) is 3.55. The smallest absolute Gasteiger partial charge is 0.114 e. The molecular formula is C9H15NO. The fraction of sp³-hybridized carbons (Fsp3) is 0.444. The lowest BCUT2D eigenvalue weighted by Gasteiger charge is -1.98. The van der Waals surface area contributed by atoms with Crippen molar-refractivity contribution >= 4 is 6.21 Å². The van der Waals surface area contributed by atoms with Gasteiger partial charge in [-0.25, -0.2) is 0 Å². The van der Waals surface area contributed by atoms with Crippen LogP contribution in [0.25, 0.3) is 0 Å². The van der Waals surface area contributed by atoms with Gasteiger partial charge in [0.25, 0.3) is 0 Å². The van der Waals surface area contributed by atoms with E-state index in [0.29, 0.717) is 0 Å². The standard InChI is InChI=1S/C9H15NO/c1-5-9(11-4)6-8(2)7-10-3/h5-7H,1-4H3/b8-6-,9-5+,10-7-. The Bertz CT molecular complexity index is 190. The quantitative estimate of drug-likeness (QED) is 0.346. The summed E-state index contributed by atoms with van der Waals surface area (Å²) in [7, 11) is 3.40. The maximum Gasteiger partial charge on any atom is 0.114 e. The van der Waals surface area contributed by atoms with Crippen LogP contribution in [-0.4, -0.2) is 20.4 Å². The minimum atomic E-state index is 0.863. The summed E-state index contributed by atoms with van der Waals surface area (Å²) in [5.74, 6) is 0.863. The maximum atomic E-state index is 5.04. The van der Waals surface area contributed by atoms with Crippen molar-refractivity contribution in [2.24, 2.45) is 4.99 Å². The molecule has 0 aromatic heterocycles. The zero-order valence-electron chi connectivity index (χ0n) is 7.59. The second-order valence-electron chi connectivity index (χ2n) is 2.17. The van der Waals surface area contributed by atoms with Crippen molar-refractivity contribution < 1.29 is 4.74 Å². The van der Waals surface area contributed by atoms with Crippen LogP contribution in [0.5, 0.6) is 0 Å². The van der Waals surface area contributed by atoms with Crippen molar-refractivity contribution in [3.05, 3.63) is 23.5 Å². The molecule has 0 unspecified atom stereocenters. The minimum absolute atomic E-state index is 0.863. The first-order valence-electron chi connectivity index (χ1n) is 3.55. The number of ether oxygens (including phenoxy) is 1. The van der Waals surface area contributed by atoms with Crippen LogP contribution >= 0.6 is 0 Å². The van der Waals surface area contributed by atoms with E-state index in [4.69, 9.17) is 4.74 Å². The molecule has 2 heteroatoms. The van der Waals surface area contributed by atoms with Gasteiger partial charge in [-0.15, -0.1) is 0 Å². The molecule has 0 atom stereocenters. The molecule has 0 saturated carbocycles. The van der Waals surface area contributed by atoms with Crippen LogP contribution in [0.3, 0.4) is 0 Å². The Hall–Kier alpha value is -1.05. The lowest BCUT2D eigenvalue weighted by atomic mass is 10.3. The number of allylic oxidation sites excluding steroid dienone is 3. The summed E-state index contributed by atoms with van der Waals surface area (Å²) in [5, 5.41) is 0. The van der Waals surface area contributed by atoms with Gasteiger partial charge in [0, 0.05) is 13.3 Å². The van der Waals surface area contributed by atoms with Crippen LogP contribution in [0.2, 0.25) is 0 Å². The molecule has 0 fully saturated rings. The predicted molar refractivity (Wildman–Crippen MR) is 48.9 cm³/mol. The van der Waals surface area contributed by atoms with Crippen molar-refractivity contribution in [1.82, 2.24) is 0 Å². The Labute approximate surface area is 68.3 Å². The van der Waals surface area contributed by atoms with Crippen LogP contribution in [0, 0.1) is 0 Å². The summed E-state index contributed by atoms with van der Waals surface area (Å²) >= 11 is 0. The number of rotatable bonds is 3. The first kappa shape index (κ1) is 9.95. The molecule has 0 aromatic rings. The highest BCUT2D eigenvalue weighted by molar-refractivity contribution is 5.78. The van der Waals surface area contributed by atoms with Crippen LogP contribution in [-0.2, 0) is 4.74 Å². The summed E-state index contributed by atoms with van der Waals surface area (Å²) < 4.78 is 5.04. The Morgan fingerprint density at radius 3 is 2.45 bits per heavy atom. The van der Waals surface area contributed by atoms with Gasteiger partial charge in [-0.2, -0.15) is 0 Å². The average Bonchev–Trinajstić information content (AvgIpc) is 2.01. The molecular weight excluding hydrogens is 138 g/mol. The lowest BCUT2D eigenvalue weighted by molar-refractivity contribution is 0.306. The van der Waals surface area contributed by atoms with Gasteiger partial charge in [-0.1, -0.05) is 0 Å². The number of nitrogens with zero attached hydrogens (tertiary/aromatic N) is 1. The summed E-state index contributed by atoms with van der Waals surface area (Å²) in [5.41, 5.74) is 1.09. The number of hydrogen-bond donors (Lipinski definition) is 0. The van der Waals surface area contributed by atoms with Gasteiger partial charge in [0.2, 0.25) is 0 Å². The molecule has 0 bridgehead atoms. The molecule has 0 rings (SSSR count). The molecule has 62 valence electrons. The molecule has 0 spiro atoms. The van der Waals surface area contributed by atoms with Crippen LogP contribution in [0.4, 0.5) is 0 Å². The predicted octanol–water partition coefficient (Wildman–Crippen LogP) is 2.18. The van der Waals surface area contributed by atoms with Crippen molar-refractivity contribution in [1.29, 1.82) is 0 Å². The normalized spacial score (nSPS) is 14.2. The fourth-order valence-corrected chi connectivity index (χ4v) is 0.725. The summed E-state index contributed by atoms with van der Waals surface area (Å²) in [6.45, 7) is 3.92. The van der Waals surface area contributed by atoms with E-state index < -0.39 is 0 Å². The highest BCUT2D eigenvalue weighted by atomic mass is 16.5. The van der Waals surface area contributed by atoms with Gasteiger partial charge in [-0.3, -0.25) is 4.99 Å². The molecule has 2 nitrogen and oxygen atoms in total. The van der Waals surface area contributed by atoms with E-state index in [1.54, 1.807) is 20.4 Å². The zero-order valence-corrected chi connectivity index (χ0v) is 7.59. The zero-order chi connectivity index (χ0) is 8.69. The summed E-state index contributed by atoms with van der Waals surface area (Å²) in [4.78, 5) is 3.88. The molecule has 0 aliphatic rings. The van der Waals surface area contributed by atoms with Gasteiger partial charge in [0.15, 0.2) is 0 Å². The molecule has 0 amide bonds. The van der Waals surface area contributed by atoms with E-state index in [1.165, 1.54) is 0 Å². The Morgan fingerprint density at radius 1 is 1.45 bits per heavy atom. The van der Waals surface area contributed by atoms with Crippen molar-refractivity contribution in [3.8, 4) is 0 Å². The highest BCUT2D eigenvalue weighted by Gasteiger charge is 1.87. The average molecular weight is 153 g/mol. The second kappa shape index (κ2) is 5.71. The molecule has 0 radical (unpaired) electrons. The maximum absolute atomic E-state index is 5.04. The molecule has 0 heterocycles. The van der Waals surface area contributed by atoms with Gasteiger partial charge >= 0.3 is 0 Å². The number of aliphatic imine (C=N–C) groups is 1. The van der Waals surface area contributed by atoms with Crippen molar-refractivity contribution in [3.63, 3.8) is 0 Å². The van der Waals surface area contributed by atoms with Crippen LogP contribution in [0.1, 0.15) is 13.8 Å². The van der Waals surface area contributed by atoms with Gasteiger partial charge in [-0.05, 0) is 31.6 Å². The lowest BCUT2D eigenvalue weighted by Crippen LogP contribution is -1.84. The largest absolute Gasteiger partial charge is 0.497 e. The highest BCUT2D eigenvalue weighted by Crippen LogP contribution is 2.00. The first-order chi connectivity index (χ1) is 5.24. The third-order valence-corrected chi connectivity index (χ3v) is 1.22. The molecule has 0 aromatic carbocycles.